The molecule has 0 bridgehead atoms. The highest BCUT2D eigenvalue weighted by Crippen LogP contribution is 2.38. The smallest absolute Gasteiger partial charge is 0.416 e. The van der Waals surface area contributed by atoms with E-state index in [2.05, 4.69) is 25.4 Å². The topological polar surface area (TPSA) is 102 Å². The highest BCUT2D eigenvalue weighted by atomic mass is 79.9. The molecule has 0 atom stereocenters. The second kappa shape index (κ2) is 11.2. The van der Waals surface area contributed by atoms with Crippen molar-refractivity contribution in [1.82, 2.24) is 4.90 Å². The molecule has 0 unspecified atom stereocenters. The van der Waals surface area contributed by atoms with Crippen LogP contribution in [0.4, 0.5) is 28.0 Å². The Labute approximate surface area is 231 Å². The number of nitrogens with one attached hydrogen (secondary N) is 1. The molecule has 2 aromatic rings. The number of benzene rings is 2. The molecule has 1 heterocycles. The van der Waals surface area contributed by atoms with Crippen molar-refractivity contribution >= 4 is 49.4 Å². The summed E-state index contributed by atoms with van der Waals surface area (Å²) in [4.78, 5) is 25.3. The maximum Gasteiger partial charge on any atom is 0.416 e. The summed E-state index contributed by atoms with van der Waals surface area (Å²) in [5.41, 5.74) is -2.91. The average molecular weight is 637 g/mol. The molecule has 212 valence electrons. The summed E-state index contributed by atoms with van der Waals surface area (Å²) in [6.07, 6.45) is -3.02. The van der Waals surface area contributed by atoms with Crippen LogP contribution in [0.25, 0.3) is 5.70 Å². The number of nitrogens with zero attached hydrogens (tertiary/aromatic N) is 1. The lowest BCUT2D eigenvalue weighted by atomic mass is 10.0. The molecule has 1 aliphatic heterocycles. The predicted octanol–water partition coefficient (Wildman–Crippen LogP) is 6.57. The number of carbonyl (C=O) groups excluding carboxylic acids is 2. The van der Waals surface area contributed by atoms with E-state index in [1.54, 1.807) is 26.8 Å². The number of halogens is 5. The zero-order chi connectivity index (χ0) is 29.3. The molecule has 0 aliphatic carbocycles. The van der Waals surface area contributed by atoms with Crippen LogP contribution in [-0.4, -0.2) is 44.6 Å². The molecule has 2 aromatic carbocycles. The number of rotatable bonds is 5. The van der Waals surface area contributed by atoms with Crippen LogP contribution in [0.2, 0.25) is 0 Å². The third kappa shape index (κ3) is 7.10. The molecule has 3 rings (SSSR count). The normalized spacial score (nSPS) is 14.5. The molecule has 8 nitrogen and oxygen atoms in total. The van der Waals surface area contributed by atoms with E-state index in [9.17, 15) is 35.6 Å². The molecule has 1 N–H and O–H groups in total. The van der Waals surface area contributed by atoms with Crippen LogP contribution >= 0.6 is 15.9 Å². The molecule has 0 radical (unpaired) electrons. The van der Waals surface area contributed by atoms with Gasteiger partial charge < -0.3 is 9.47 Å². The zero-order valence-corrected chi connectivity index (χ0v) is 23.7. The lowest BCUT2D eigenvalue weighted by Gasteiger charge is -2.32. The third-order valence-electron chi connectivity index (χ3n) is 5.40. The third-order valence-corrected chi connectivity index (χ3v) is 7.86. The first kappa shape index (κ1) is 30.4. The van der Waals surface area contributed by atoms with Gasteiger partial charge in [0.25, 0.3) is 10.0 Å². The monoisotopic (exact) mass is 636 g/mol. The van der Waals surface area contributed by atoms with Crippen LogP contribution in [0.1, 0.15) is 55.1 Å². The Morgan fingerprint density at radius 1 is 1.10 bits per heavy atom. The summed E-state index contributed by atoms with van der Waals surface area (Å²) in [6, 6.07) is 3.93. The van der Waals surface area contributed by atoms with Gasteiger partial charge in [0.15, 0.2) is 0 Å². The number of sulfonamides is 1. The van der Waals surface area contributed by atoms with Gasteiger partial charge in [-0.2, -0.15) is 13.2 Å². The molecule has 0 saturated heterocycles. The van der Waals surface area contributed by atoms with Gasteiger partial charge in [0.2, 0.25) is 0 Å². The van der Waals surface area contributed by atoms with E-state index in [-0.39, 0.29) is 17.8 Å². The van der Waals surface area contributed by atoms with E-state index in [0.29, 0.717) is 18.9 Å². The molecule has 39 heavy (non-hydrogen) atoms. The summed E-state index contributed by atoms with van der Waals surface area (Å²) >= 11 is 2.83. The zero-order valence-electron chi connectivity index (χ0n) is 21.3. The van der Waals surface area contributed by atoms with Crippen LogP contribution < -0.4 is 4.72 Å². The summed E-state index contributed by atoms with van der Waals surface area (Å²) in [7, 11) is -3.78. The number of allylic oxidation sites excluding steroid dienone is 1. The van der Waals surface area contributed by atoms with Gasteiger partial charge >= 0.3 is 18.2 Å². The van der Waals surface area contributed by atoms with Crippen LogP contribution in [0.5, 0.6) is 0 Å². The highest BCUT2D eigenvalue weighted by Gasteiger charge is 2.34. The first-order chi connectivity index (χ1) is 17.9. The van der Waals surface area contributed by atoms with E-state index < -0.39 is 65.9 Å². The molecule has 0 spiro atoms. The van der Waals surface area contributed by atoms with Gasteiger partial charge in [-0.05, 0) is 73.8 Å². The van der Waals surface area contributed by atoms with E-state index in [4.69, 9.17) is 4.74 Å². The SMILES string of the molecule is COC(=O)c1cc(F)c(Br)c(S(=O)(=O)Nc2cc(C(F)(F)F)ccc2C2=CCCCN2C(=O)OC(C)(C)C)c1. The van der Waals surface area contributed by atoms with Crippen molar-refractivity contribution in [3.8, 4) is 0 Å². The fourth-order valence-corrected chi connectivity index (χ4v) is 5.76. The number of carbonyl (C=O) groups is 2. The number of methoxy groups -OCH3 is 1. The maximum atomic E-state index is 14.5. The van der Waals surface area contributed by atoms with Gasteiger partial charge in [-0.3, -0.25) is 9.62 Å². The maximum absolute atomic E-state index is 14.5. The van der Waals surface area contributed by atoms with Crippen molar-refractivity contribution in [3.05, 3.63) is 63.4 Å². The van der Waals surface area contributed by atoms with E-state index in [1.807, 2.05) is 0 Å². The van der Waals surface area contributed by atoms with E-state index >= 15 is 0 Å². The molecule has 1 aliphatic rings. The first-order valence-electron chi connectivity index (χ1n) is 11.5. The van der Waals surface area contributed by atoms with Crippen molar-refractivity contribution < 1.29 is 45.0 Å². The second-order valence-electron chi connectivity index (χ2n) is 9.49. The van der Waals surface area contributed by atoms with Crippen molar-refractivity contribution in [2.24, 2.45) is 0 Å². The summed E-state index contributed by atoms with van der Waals surface area (Å²) < 4.78 is 93.5. The lowest BCUT2D eigenvalue weighted by molar-refractivity contribution is -0.137. The van der Waals surface area contributed by atoms with E-state index in [1.165, 1.54) is 4.90 Å². The van der Waals surface area contributed by atoms with Gasteiger partial charge in [0, 0.05) is 12.1 Å². The lowest BCUT2D eigenvalue weighted by Crippen LogP contribution is -2.37. The molecule has 0 fully saturated rings. The van der Waals surface area contributed by atoms with Crippen molar-refractivity contribution in [2.75, 3.05) is 18.4 Å². The molecule has 1 amide bonds. The first-order valence-corrected chi connectivity index (χ1v) is 13.7. The Kier molecular flexibility index (Phi) is 8.70. The number of alkyl halides is 3. The Hall–Kier alpha value is -3.13. The standard InChI is InChI=1S/C25H25BrF4N2O6S/c1-24(2,3)38-23(34)32-10-6-5-7-19(32)16-9-8-15(25(28,29)30)13-18(16)31-39(35,36)20-12-14(22(33)37-4)11-17(27)21(20)26/h7-9,11-13,31H,5-6,10H2,1-4H3. The van der Waals surface area contributed by atoms with Crippen molar-refractivity contribution in [1.29, 1.82) is 0 Å². The number of hydrogen-bond acceptors (Lipinski definition) is 6. The van der Waals surface area contributed by atoms with Crippen molar-refractivity contribution in [3.63, 3.8) is 0 Å². The minimum absolute atomic E-state index is 0.0437. The molecular formula is C25H25BrF4N2O6S. The molecular weight excluding hydrogens is 612 g/mol. The Morgan fingerprint density at radius 2 is 1.77 bits per heavy atom. The van der Waals surface area contributed by atoms with E-state index in [0.717, 1.165) is 31.4 Å². The van der Waals surface area contributed by atoms with Crippen molar-refractivity contribution in [2.45, 2.75) is 50.3 Å². The van der Waals surface area contributed by atoms with Gasteiger partial charge in [-0.25, -0.2) is 22.4 Å². The Balaban J connectivity index is 2.17. The van der Waals surface area contributed by atoms with Gasteiger partial charge in [0.05, 0.1) is 34.1 Å². The number of amides is 1. The summed E-state index contributed by atoms with van der Waals surface area (Å²) in [5, 5.41) is 0. The fraction of sp³-hybridized carbons (Fsp3) is 0.360. The number of anilines is 1. The molecule has 0 aromatic heterocycles. The Bertz CT molecular complexity index is 1440. The number of ether oxygens (including phenoxy) is 2. The minimum atomic E-state index is -4.83. The summed E-state index contributed by atoms with van der Waals surface area (Å²) in [5.74, 6) is -2.15. The summed E-state index contributed by atoms with van der Waals surface area (Å²) in [6.45, 7) is 5.12. The highest BCUT2D eigenvalue weighted by molar-refractivity contribution is 9.10. The molecule has 0 saturated carbocycles. The fourth-order valence-electron chi connectivity index (χ4n) is 3.70. The van der Waals surface area contributed by atoms with Gasteiger partial charge in [-0.1, -0.05) is 12.1 Å². The number of esters is 1. The molecule has 14 heteroatoms. The van der Waals surface area contributed by atoms with Crippen LogP contribution in [0.15, 0.2) is 45.8 Å². The second-order valence-corrected chi connectivity index (χ2v) is 11.9. The Morgan fingerprint density at radius 3 is 2.36 bits per heavy atom. The largest absolute Gasteiger partial charge is 0.465 e. The predicted molar refractivity (Wildman–Crippen MR) is 138 cm³/mol. The van der Waals surface area contributed by atoms with Crippen LogP contribution in [0.3, 0.4) is 0 Å². The van der Waals surface area contributed by atoms with Gasteiger partial charge in [-0.15, -0.1) is 0 Å². The van der Waals surface area contributed by atoms with Crippen LogP contribution in [-0.2, 0) is 25.7 Å². The average Bonchev–Trinajstić information content (AvgIpc) is 2.83. The number of hydrogen-bond donors (Lipinski definition) is 1. The van der Waals surface area contributed by atoms with Crippen LogP contribution in [0, 0.1) is 5.82 Å². The minimum Gasteiger partial charge on any atom is -0.465 e. The van der Waals surface area contributed by atoms with Gasteiger partial charge in [0.1, 0.15) is 16.3 Å². The quantitative estimate of drug-likeness (QED) is 0.294.